The zero-order valence-corrected chi connectivity index (χ0v) is 7.45. The molecular weight excluding hydrogens is 168 g/mol. The average Bonchev–Trinajstić information content (AvgIpc) is 2.04. The molecule has 1 aliphatic heterocycles. The summed E-state index contributed by atoms with van der Waals surface area (Å²) in [6, 6.07) is 0. The first-order valence-corrected chi connectivity index (χ1v) is 3.86. The minimum atomic E-state index is -0.239. The van der Waals surface area contributed by atoms with Crippen LogP contribution in [0.25, 0.3) is 0 Å². The molecule has 0 aromatic rings. The standard InChI is InChI=1S/C8H12N4O/c1-3-4-12-7(5-9)8(13)10-6(2)11-12/h3,5H,1,4,9H2,2H3,(H,10,11,13)/b7-5-. The first kappa shape index (κ1) is 9.31. The summed E-state index contributed by atoms with van der Waals surface area (Å²) in [6.45, 7) is 5.74. The Balaban J connectivity index is 2.94. The zero-order chi connectivity index (χ0) is 9.84. The molecule has 0 aromatic carbocycles. The Labute approximate surface area is 76.6 Å². The normalized spacial score (nSPS) is 19.8. The van der Waals surface area contributed by atoms with Gasteiger partial charge in [0.2, 0.25) is 0 Å². The van der Waals surface area contributed by atoms with Gasteiger partial charge in [0.25, 0.3) is 5.91 Å². The number of hydrogen-bond donors (Lipinski definition) is 2. The molecule has 1 heterocycles. The van der Waals surface area contributed by atoms with E-state index >= 15 is 0 Å². The van der Waals surface area contributed by atoms with E-state index in [0.717, 1.165) is 0 Å². The summed E-state index contributed by atoms with van der Waals surface area (Å²) in [5, 5.41) is 8.13. The molecule has 5 heteroatoms. The number of nitrogens with two attached hydrogens (primary N) is 1. The summed E-state index contributed by atoms with van der Waals surface area (Å²) in [6.07, 6.45) is 2.88. The molecule has 1 amide bonds. The quantitative estimate of drug-likeness (QED) is 0.454. The lowest BCUT2D eigenvalue weighted by Gasteiger charge is -2.24. The van der Waals surface area contributed by atoms with Crippen molar-refractivity contribution in [2.75, 3.05) is 6.54 Å². The van der Waals surface area contributed by atoms with Crippen LogP contribution < -0.4 is 11.1 Å². The van der Waals surface area contributed by atoms with Gasteiger partial charge in [-0.05, 0) is 6.92 Å². The summed E-state index contributed by atoms with van der Waals surface area (Å²) >= 11 is 0. The maximum Gasteiger partial charge on any atom is 0.276 e. The molecule has 0 bridgehead atoms. The molecular formula is C8H12N4O. The van der Waals surface area contributed by atoms with Gasteiger partial charge in [-0.15, -0.1) is 6.58 Å². The Morgan fingerprint density at radius 3 is 3.00 bits per heavy atom. The van der Waals surface area contributed by atoms with Crippen molar-refractivity contribution in [3.8, 4) is 0 Å². The second-order valence-corrected chi connectivity index (χ2v) is 2.56. The Bertz CT molecular complexity index is 293. The third-order valence-electron chi connectivity index (χ3n) is 1.54. The van der Waals surface area contributed by atoms with Crippen molar-refractivity contribution >= 4 is 11.7 Å². The largest absolute Gasteiger partial charge is 0.403 e. The summed E-state index contributed by atoms with van der Waals surface area (Å²) in [4.78, 5) is 11.3. The van der Waals surface area contributed by atoms with Crippen LogP contribution in [0.5, 0.6) is 0 Å². The smallest absolute Gasteiger partial charge is 0.276 e. The molecule has 1 rings (SSSR count). The predicted molar refractivity (Wildman–Crippen MR) is 50.4 cm³/mol. The van der Waals surface area contributed by atoms with Crippen LogP contribution in [0.15, 0.2) is 29.7 Å². The fourth-order valence-corrected chi connectivity index (χ4v) is 1.03. The molecule has 0 saturated heterocycles. The van der Waals surface area contributed by atoms with E-state index in [1.54, 1.807) is 13.0 Å². The molecule has 1 aliphatic rings. The van der Waals surface area contributed by atoms with Crippen LogP contribution in [0.1, 0.15) is 6.92 Å². The molecule has 70 valence electrons. The number of carbonyl (C=O) groups is 1. The Morgan fingerprint density at radius 2 is 2.46 bits per heavy atom. The van der Waals surface area contributed by atoms with Crippen LogP contribution >= 0.6 is 0 Å². The van der Waals surface area contributed by atoms with E-state index in [-0.39, 0.29) is 5.91 Å². The van der Waals surface area contributed by atoms with Gasteiger partial charge in [-0.2, -0.15) is 5.10 Å². The number of carbonyl (C=O) groups excluding carboxylic acids is 1. The van der Waals surface area contributed by atoms with Gasteiger partial charge in [0, 0.05) is 6.20 Å². The highest BCUT2D eigenvalue weighted by Crippen LogP contribution is 2.08. The topological polar surface area (TPSA) is 70.7 Å². The minimum absolute atomic E-state index is 0.239. The van der Waals surface area contributed by atoms with Gasteiger partial charge in [-0.25, -0.2) is 0 Å². The van der Waals surface area contributed by atoms with E-state index in [1.807, 2.05) is 0 Å². The minimum Gasteiger partial charge on any atom is -0.403 e. The number of hydrazone groups is 1. The lowest BCUT2D eigenvalue weighted by molar-refractivity contribution is -0.118. The van der Waals surface area contributed by atoms with Crippen molar-refractivity contribution in [2.24, 2.45) is 10.8 Å². The average molecular weight is 180 g/mol. The SMILES string of the molecule is C=CCN1N=C(C)NC(=O)/C1=C/N. The number of hydrogen-bond acceptors (Lipinski definition) is 4. The molecule has 0 radical (unpaired) electrons. The molecule has 0 aliphatic carbocycles. The third kappa shape index (κ3) is 1.87. The molecule has 3 N–H and O–H groups in total. The highest BCUT2D eigenvalue weighted by Gasteiger charge is 2.21. The van der Waals surface area contributed by atoms with Crippen LogP contribution in [0.2, 0.25) is 0 Å². The van der Waals surface area contributed by atoms with Crippen molar-refractivity contribution in [1.29, 1.82) is 0 Å². The maximum absolute atomic E-state index is 11.3. The van der Waals surface area contributed by atoms with Gasteiger partial charge < -0.3 is 11.1 Å². The van der Waals surface area contributed by atoms with E-state index in [4.69, 9.17) is 5.73 Å². The van der Waals surface area contributed by atoms with E-state index in [2.05, 4.69) is 17.0 Å². The Morgan fingerprint density at radius 1 is 1.77 bits per heavy atom. The lowest BCUT2D eigenvalue weighted by Crippen LogP contribution is -2.42. The first-order valence-electron chi connectivity index (χ1n) is 3.86. The Hall–Kier alpha value is -1.78. The number of rotatable bonds is 2. The van der Waals surface area contributed by atoms with E-state index in [9.17, 15) is 4.79 Å². The molecule has 0 spiro atoms. The zero-order valence-electron chi connectivity index (χ0n) is 7.45. The van der Waals surface area contributed by atoms with Crippen LogP contribution in [-0.4, -0.2) is 23.3 Å². The Kier molecular flexibility index (Phi) is 2.69. The van der Waals surface area contributed by atoms with Crippen LogP contribution in [0.4, 0.5) is 0 Å². The first-order chi connectivity index (χ1) is 6.19. The fourth-order valence-electron chi connectivity index (χ4n) is 1.03. The fraction of sp³-hybridized carbons (Fsp3) is 0.250. The van der Waals surface area contributed by atoms with E-state index in [1.165, 1.54) is 11.2 Å². The number of nitrogens with one attached hydrogen (secondary N) is 1. The molecule has 0 unspecified atom stereocenters. The summed E-state index contributed by atoms with van der Waals surface area (Å²) < 4.78 is 0. The second kappa shape index (κ2) is 3.75. The van der Waals surface area contributed by atoms with Gasteiger partial charge in [0.05, 0.1) is 6.54 Å². The third-order valence-corrected chi connectivity index (χ3v) is 1.54. The highest BCUT2D eigenvalue weighted by atomic mass is 16.2. The highest BCUT2D eigenvalue weighted by molar-refractivity contribution is 6.06. The van der Waals surface area contributed by atoms with Crippen molar-refractivity contribution in [3.05, 3.63) is 24.6 Å². The number of nitrogens with zero attached hydrogens (tertiary/aromatic N) is 2. The van der Waals surface area contributed by atoms with E-state index in [0.29, 0.717) is 18.1 Å². The predicted octanol–water partition coefficient (Wildman–Crippen LogP) is -0.262. The second-order valence-electron chi connectivity index (χ2n) is 2.56. The van der Waals surface area contributed by atoms with Crippen LogP contribution in [-0.2, 0) is 4.79 Å². The monoisotopic (exact) mass is 180 g/mol. The number of amides is 1. The van der Waals surface area contributed by atoms with Gasteiger partial charge in [0.1, 0.15) is 11.5 Å². The molecule has 0 saturated carbocycles. The van der Waals surface area contributed by atoms with Crippen LogP contribution in [0, 0.1) is 0 Å². The van der Waals surface area contributed by atoms with Crippen molar-refractivity contribution < 1.29 is 4.79 Å². The summed E-state index contributed by atoms with van der Waals surface area (Å²) in [7, 11) is 0. The van der Waals surface area contributed by atoms with Crippen molar-refractivity contribution in [3.63, 3.8) is 0 Å². The maximum atomic E-state index is 11.3. The molecule has 0 atom stereocenters. The van der Waals surface area contributed by atoms with Gasteiger partial charge >= 0.3 is 0 Å². The van der Waals surface area contributed by atoms with Gasteiger partial charge in [0.15, 0.2) is 0 Å². The van der Waals surface area contributed by atoms with Crippen molar-refractivity contribution in [2.45, 2.75) is 6.92 Å². The van der Waals surface area contributed by atoms with Crippen LogP contribution in [0.3, 0.4) is 0 Å². The van der Waals surface area contributed by atoms with Gasteiger partial charge in [-0.1, -0.05) is 6.08 Å². The lowest BCUT2D eigenvalue weighted by atomic mass is 10.3. The van der Waals surface area contributed by atoms with Crippen molar-refractivity contribution in [1.82, 2.24) is 10.3 Å². The molecule has 0 fully saturated rings. The summed E-state index contributed by atoms with van der Waals surface area (Å²) in [5.74, 6) is 0.314. The molecule has 13 heavy (non-hydrogen) atoms. The summed E-state index contributed by atoms with van der Waals surface area (Å²) in [5.41, 5.74) is 5.63. The van der Waals surface area contributed by atoms with Gasteiger partial charge in [-0.3, -0.25) is 9.80 Å². The molecule has 0 aromatic heterocycles. The number of amidine groups is 1. The molecule has 5 nitrogen and oxygen atoms in total. The van der Waals surface area contributed by atoms with E-state index < -0.39 is 0 Å².